The van der Waals surface area contributed by atoms with Gasteiger partial charge in [0.25, 0.3) is 0 Å². The average Bonchev–Trinajstić information content (AvgIpc) is 3.35. The van der Waals surface area contributed by atoms with Crippen LogP contribution in [-0.4, -0.2) is 82.3 Å². The molecule has 0 saturated carbocycles. The topological polar surface area (TPSA) is 111 Å². The monoisotopic (exact) mass is 1000 g/mol. The number of allylic oxidation sites excluding steroid dienone is 20. The van der Waals surface area contributed by atoms with Crippen molar-refractivity contribution in [2.45, 2.75) is 212 Å². The molecular formula is C63H103NO8. The summed E-state index contributed by atoms with van der Waals surface area (Å²) in [7, 11) is 5.89. The number of carboxylic acids is 1. The SMILES string of the molecule is CC/C=C\C/C=C\C/C=C\C/C=C\C/C=C\C/C=C\C/C=C\C/C=C\C/C=C\CCCCCC(=O)OC(COC(=O)CCCCCCC/C=C\CCCCCCCCC)COC(OCC[N+](C)(C)C)C(=O)[O-]. The molecule has 0 rings (SSSR count). The van der Waals surface area contributed by atoms with Crippen molar-refractivity contribution in [3.8, 4) is 0 Å². The van der Waals surface area contributed by atoms with E-state index in [1.165, 1.54) is 51.4 Å². The Kier molecular flexibility index (Phi) is 49.8. The van der Waals surface area contributed by atoms with E-state index in [9.17, 15) is 19.5 Å². The second-order valence-electron chi connectivity index (χ2n) is 19.5. The summed E-state index contributed by atoms with van der Waals surface area (Å²) in [5.74, 6) is -2.35. The fourth-order valence-corrected chi connectivity index (χ4v) is 7.11. The first-order valence-corrected chi connectivity index (χ1v) is 28.2. The van der Waals surface area contributed by atoms with E-state index in [2.05, 4.69) is 135 Å². The second kappa shape index (κ2) is 53.0. The molecule has 408 valence electrons. The second-order valence-corrected chi connectivity index (χ2v) is 19.5. The van der Waals surface area contributed by atoms with E-state index >= 15 is 0 Å². The summed E-state index contributed by atoms with van der Waals surface area (Å²) in [5, 5.41) is 11.8. The Hall–Kier alpha value is -4.31. The van der Waals surface area contributed by atoms with Gasteiger partial charge in [0.2, 0.25) is 0 Å². The zero-order valence-electron chi connectivity index (χ0n) is 46.2. The molecule has 0 N–H and O–H groups in total. The maximum absolute atomic E-state index is 12.8. The molecule has 0 bridgehead atoms. The third-order valence-corrected chi connectivity index (χ3v) is 11.4. The first-order valence-electron chi connectivity index (χ1n) is 28.2. The van der Waals surface area contributed by atoms with Gasteiger partial charge in [-0.25, -0.2) is 0 Å². The molecule has 9 heteroatoms. The highest BCUT2D eigenvalue weighted by Gasteiger charge is 2.22. The molecule has 0 amide bonds. The number of quaternary nitrogens is 1. The van der Waals surface area contributed by atoms with Gasteiger partial charge in [-0.1, -0.05) is 200 Å². The van der Waals surface area contributed by atoms with Gasteiger partial charge >= 0.3 is 11.9 Å². The molecule has 0 aliphatic carbocycles. The van der Waals surface area contributed by atoms with Gasteiger partial charge in [-0.15, -0.1) is 0 Å². The summed E-state index contributed by atoms with van der Waals surface area (Å²) in [4.78, 5) is 37.2. The largest absolute Gasteiger partial charge is 0.545 e. The minimum atomic E-state index is -1.64. The summed E-state index contributed by atoms with van der Waals surface area (Å²) < 4.78 is 22.6. The minimum absolute atomic E-state index is 0.133. The molecule has 0 aromatic rings. The number of carbonyl (C=O) groups excluding carboxylic acids is 3. The Bertz CT molecular complexity index is 1590. The Morgan fingerprint density at radius 3 is 1.21 bits per heavy atom. The number of carbonyl (C=O) groups is 3. The maximum atomic E-state index is 12.8. The minimum Gasteiger partial charge on any atom is -0.545 e. The number of nitrogens with zero attached hydrogens (tertiary/aromatic N) is 1. The van der Waals surface area contributed by atoms with E-state index in [-0.39, 0.29) is 38.6 Å². The van der Waals surface area contributed by atoms with Crippen LogP contribution in [0.3, 0.4) is 0 Å². The van der Waals surface area contributed by atoms with Crippen LogP contribution in [0.5, 0.6) is 0 Å². The van der Waals surface area contributed by atoms with Crippen LogP contribution in [0.25, 0.3) is 0 Å². The van der Waals surface area contributed by atoms with Gasteiger partial charge in [-0.05, 0) is 109 Å². The lowest BCUT2D eigenvalue weighted by Crippen LogP contribution is -2.44. The van der Waals surface area contributed by atoms with Crippen molar-refractivity contribution in [3.05, 3.63) is 122 Å². The fraction of sp³-hybridized carbons (Fsp3) is 0.635. The first-order chi connectivity index (χ1) is 35.1. The van der Waals surface area contributed by atoms with Gasteiger partial charge in [-0.2, -0.15) is 0 Å². The van der Waals surface area contributed by atoms with Gasteiger partial charge in [0.05, 0.1) is 40.3 Å². The predicted molar refractivity (Wildman–Crippen MR) is 301 cm³/mol. The summed E-state index contributed by atoms with van der Waals surface area (Å²) >= 11 is 0. The molecule has 0 heterocycles. The molecule has 72 heavy (non-hydrogen) atoms. The van der Waals surface area contributed by atoms with Crippen LogP contribution in [0, 0.1) is 0 Å². The van der Waals surface area contributed by atoms with Crippen LogP contribution in [0.2, 0.25) is 0 Å². The van der Waals surface area contributed by atoms with Crippen molar-refractivity contribution in [2.24, 2.45) is 0 Å². The number of rotatable bonds is 50. The molecule has 0 saturated heterocycles. The zero-order chi connectivity index (χ0) is 52.7. The van der Waals surface area contributed by atoms with Crippen molar-refractivity contribution in [1.29, 1.82) is 0 Å². The van der Waals surface area contributed by atoms with Crippen LogP contribution >= 0.6 is 0 Å². The number of carboxylic acid groups (broad SMARTS) is 1. The van der Waals surface area contributed by atoms with E-state index in [1.807, 2.05) is 21.1 Å². The van der Waals surface area contributed by atoms with Crippen molar-refractivity contribution in [1.82, 2.24) is 0 Å². The number of hydrogen-bond acceptors (Lipinski definition) is 8. The number of aliphatic carboxylic acids is 1. The van der Waals surface area contributed by atoms with Crippen molar-refractivity contribution in [3.63, 3.8) is 0 Å². The van der Waals surface area contributed by atoms with Gasteiger partial charge in [0.1, 0.15) is 13.2 Å². The van der Waals surface area contributed by atoms with Gasteiger partial charge in [0.15, 0.2) is 12.4 Å². The number of hydrogen-bond donors (Lipinski definition) is 0. The summed E-state index contributed by atoms with van der Waals surface area (Å²) in [6, 6.07) is 0. The molecule has 0 aromatic carbocycles. The molecule has 0 aliphatic heterocycles. The maximum Gasteiger partial charge on any atom is 0.306 e. The van der Waals surface area contributed by atoms with Crippen LogP contribution in [-0.2, 0) is 33.3 Å². The number of unbranched alkanes of at least 4 members (excludes halogenated alkanes) is 15. The number of likely N-dealkylation sites (N-methyl/N-ethyl adjacent to an activating group) is 1. The van der Waals surface area contributed by atoms with Crippen molar-refractivity contribution >= 4 is 17.9 Å². The lowest BCUT2D eigenvalue weighted by Gasteiger charge is -2.26. The van der Waals surface area contributed by atoms with Crippen molar-refractivity contribution in [2.75, 3.05) is 47.5 Å². The predicted octanol–water partition coefficient (Wildman–Crippen LogP) is 15.2. The van der Waals surface area contributed by atoms with E-state index in [4.69, 9.17) is 18.9 Å². The number of esters is 2. The Morgan fingerprint density at radius 2 is 0.792 bits per heavy atom. The lowest BCUT2D eigenvalue weighted by atomic mass is 10.1. The lowest BCUT2D eigenvalue weighted by molar-refractivity contribution is -0.870. The van der Waals surface area contributed by atoms with E-state index in [0.29, 0.717) is 17.4 Å². The van der Waals surface area contributed by atoms with E-state index in [0.717, 1.165) is 116 Å². The van der Waals surface area contributed by atoms with Gasteiger partial charge in [-0.3, -0.25) is 9.59 Å². The Labute approximate surface area is 440 Å². The smallest absolute Gasteiger partial charge is 0.306 e. The van der Waals surface area contributed by atoms with Crippen LogP contribution in [0.4, 0.5) is 0 Å². The molecule has 0 radical (unpaired) electrons. The van der Waals surface area contributed by atoms with E-state index in [1.54, 1.807) is 0 Å². The standard InChI is InChI=1S/C63H103NO8/c1-6-8-10-12-14-16-18-20-22-24-25-26-27-28-29-30-31-32-33-34-35-36-37-38-40-42-44-46-48-50-52-54-61(66)72-59(58-71-63(62(67)68)69-56-55-64(3,4)5)57-70-60(65)53-51-49-47-45-43-41-39-23-21-19-17-15-13-11-9-7-2/h8,10,14,16,20,22-23,25-26,28-29,31-32,34-35,37-39,42,44,59,63H,6-7,9,11-13,15,17-19,21,24,27,30,33,36,40-41,43,45-58H2,1-5H3/b10-8-,16-14-,22-20-,26-25-,29-28-,32-31-,35-34-,38-37-,39-23-,44-42-. The summed E-state index contributed by atoms with van der Waals surface area (Å²) in [5.41, 5.74) is 0. The first kappa shape index (κ1) is 67.7. The fourth-order valence-electron chi connectivity index (χ4n) is 7.11. The van der Waals surface area contributed by atoms with Crippen molar-refractivity contribution < 1.29 is 42.9 Å². The highest BCUT2D eigenvalue weighted by molar-refractivity contribution is 5.70. The van der Waals surface area contributed by atoms with Gasteiger partial charge < -0.3 is 33.3 Å². The normalized spacial score (nSPS) is 13.7. The quantitative estimate of drug-likeness (QED) is 0.0195. The third-order valence-electron chi connectivity index (χ3n) is 11.4. The molecule has 2 unspecified atom stereocenters. The molecule has 0 spiro atoms. The molecule has 0 aromatic heterocycles. The highest BCUT2D eigenvalue weighted by Crippen LogP contribution is 2.13. The molecular weight excluding hydrogens is 899 g/mol. The summed E-state index contributed by atoms with van der Waals surface area (Å²) in [6.07, 6.45) is 71.0. The van der Waals surface area contributed by atoms with Gasteiger partial charge in [0, 0.05) is 12.8 Å². The third kappa shape index (κ3) is 53.5. The number of ether oxygens (including phenoxy) is 4. The average molecular weight is 1000 g/mol. The summed E-state index contributed by atoms with van der Waals surface area (Å²) in [6.45, 7) is 4.56. The van der Waals surface area contributed by atoms with E-state index < -0.39 is 24.3 Å². The van der Waals surface area contributed by atoms with Crippen LogP contribution < -0.4 is 5.11 Å². The Balaban J connectivity index is 4.38. The zero-order valence-corrected chi connectivity index (χ0v) is 46.2. The van der Waals surface area contributed by atoms with Crippen LogP contribution in [0.1, 0.15) is 200 Å². The highest BCUT2D eigenvalue weighted by atomic mass is 16.7. The van der Waals surface area contributed by atoms with Crippen LogP contribution in [0.15, 0.2) is 122 Å². The Morgan fingerprint density at radius 1 is 0.431 bits per heavy atom. The molecule has 0 fully saturated rings. The molecule has 9 nitrogen and oxygen atoms in total. The molecule has 2 atom stereocenters. The molecule has 0 aliphatic rings.